The molecule has 160 valence electrons. The van der Waals surface area contributed by atoms with Crippen LogP contribution in [0.4, 0.5) is 0 Å². The number of rotatable bonds is 6. The molecular formula is C23H20BrNO5S. The standard InChI is InChI=1S/C23H20BrNO5S/c1-14(26)29-12-17-13-31-22-18(24)21(27)25(22)19(17)23(28)30-20(15-8-4-2-5-9-15)16-10-6-3-7-11-16/h2-11,18,20,22H,12-13H2,1H3/t18-,22+/m0/s1. The molecule has 0 aliphatic carbocycles. The second kappa shape index (κ2) is 9.28. The molecule has 2 heterocycles. The number of β-lactam (4-membered cyclic amide) rings is 1. The number of hydrogen-bond acceptors (Lipinski definition) is 6. The molecule has 0 bridgehead atoms. The summed E-state index contributed by atoms with van der Waals surface area (Å²) in [6.07, 6.45) is -0.637. The van der Waals surface area contributed by atoms with Gasteiger partial charge in [0, 0.05) is 18.2 Å². The number of benzene rings is 2. The van der Waals surface area contributed by atoms with Gasteiger partial charge in [-0.25, -0.2) is 4.79 Å². The zero-order valence-corrected chi connectivity index (χ0v) is 19.1. The largest absolute Gasteiger partial charge is 0.461 e. The summed E-state index contributed by atoms with van der Waals surface area (Å²) in [5.74, 6) is -0.805. The molecule has 6 nitrogen and oxygen atoms in total. The quantitative estimate of drug-likeness (QED) is 0.340. The van der Waals surface area contributed by atoms with Crippen LogP contribution in [-0.2, 0) is 23.9 Å². The molecule has 1 amide bonds. The van der Waals surface area contributed by atoms with E-state index in [4.69, 9.17) is 9.47 Å². The maximum atomic E-state index is 13.4. The number of halogens is 1. The van der Waals surface area contributed by atoms with Gasteiger partial charge >= 0.3 is 11.9 Å². The van der Waals surface area contributed by atoms with Gasteiger partial charge in [0.05, 0.1) is 0 Å². The van der Waals surface area contributed by atoms with Crippen LogP contribution in [0.1, 0.15) is 24.2 Å². The molecule has 31 heavy (non-hydrogen) atoms. The molecule has 1 fully saturated rings. The Labute approximate surface area is 192 Å². The molecule has 0 saturated carbocycles. The Kier molecular flexibility index (Phi) is 6.48. The monoisotopic (exact) mass is 501 g/mol. The fourth-order valence-electron chi connectivity index (χ4n) is 3.54. The molecule has 2 aliphatic rings. The van der Waals surface area contributed by atoms with Crippen LogP contribution in [0.3, 0.4) is 0 Å². The lowest BCUT2D eigenvalue weighted by molar-refractivity contribution is -0.151. The molecule has 2 aromatic carbocycles. The Morgan fingerprint density at radius 3 is 2.23 bits per heavy atom. The summed E-state index contributed by atoms with van der Waals surface area (Å²) in [5, 5.41) is -0.192. The average molecular weight is 502 g/mol. The van der Waals surface area contributed by atoms with Crippen LogP contribution in [0.15, 0.2) is 71.9 Å². The van der Waals surface area contributed by atoms with Crippen molar-refractivity contribution in [3.8, 4) is 0 Å². The van der Waals surface area contributed by atoms with Gasteiger partial charge in [-0.15, -0.1) is 11.8 Å². The number of carbonyl (C=O) groups is 3. The van der Waals surface area contributed by atoms with E-state index in [1.165, 1.54) is 23.6 Å². The predicted octanol–water partition coefficient (Wildman–Crippen LogP) is 3.82. The van der Waals surface area contributed by atoms with E-state index in [-0.39, 0.29) is 28.4 Å². The van der Waals surface area contributed by atoms with Gasteiger partial charge in [0.1, 0.15) is 22.5 Å². The zero-order valence-electron chi connectivity index (χ0n) is 16.7. The Morgan fingerprint density at radius 2 is 1.68 bits per heavy atom. The molecule has 2 atom stereocenters. The molecule has 0 N–H and O–H groups in total. The minimum atomic E-state index is -0.637. The van der Waals surface area contributed by atoms with Gasteiger partial charge in [-0.05, 0) is 11.1 Å². The third-order valence-electron chi connectivity index (χ3n) is 5.05. The normalized spacial score (nSPS) is 20.2. The number of esters is 2. The fourth-order valence-corrected chi connectivity index (χ4v) is 5.69. The highest BCUT2D eigenvalue weighted by atomic mass is 79.9. The molecule has 4 rings (SSSR count). The fraction of sp³-hybridized carbons (Fsp3) is 0.261. The molecule has 1 saturated heterocycles. The predicted molar refractivity (Wildman–Crippen MR) is 120 cm³/mol. The number of fused-ring (bicyclic) bond motifs is 1. The van der Waals surface area contributed by atoms with Gasteiger partial charge in [0.2, 0.25) is 5.91 Å². The smallest absolute Gasteiger partial charge is 0.356 e. The number of ether oxygens (including phenoxy) is 2. The van der Waals surface area contributed by atoms with E-state index in [0.717, 1.165) is 11.1 Å². The summed E-state index contributed by atoms with van der Waals surface area (Å²) < 4.78 is 11.1. The summed E-state index contributed by atoms with van der Waals surface area (Å²) >= 11 is 4.90. The van der Waals surface area contributed by atoms with E-state index in [0.29, 0.717) is 11.3 Å². The van der Waals surface area contributed by atoms with Crippen molar-refractivity contribution < 1.29 is 23.9 Å². The molecule has 0 unspecified atom stereocenters. The Bertz CT molecular complexity index is 987. The van der Waals surface area contributed by atoms with Crippen LogP contribution in [0.25, 0.3) is 0 Å². The first-order chi connectivity index (χ1) is 15.0. The van der Waals surface area contributed by atoms with Gasteiger partial charge < -0.3 is 9.47 Å². The Morgan fingerprint density at radius 1 is 1.10 bits per heavy atom. The number of carbonyl (C=O) groups excluding carboxylic acids is 3. The van der Waals surface area contributed by atoms with Crippen LogP contribution < -0.4 is 0 Å². The van der Waals surface area contributed by atoms with Crippen molar-refractivity contribution in [2.24, 2.45) is 0 Å². The van der Waals surface area contributed by atoms with Crippen molar-refractivity contribution in [1.29, 1.82) is 0 Å². The van der Waals surface area contributed by atoms with E-state index in [9.17, 15) is 14.4 Å². The van der Waals surface area contributed by atoms with Crippen molar-refractivity contribution in [3.63, 3.8) is 0 Å². The summed E-state index contributed by atoms with van der Waals surface area (Å²) in [7, 11) is 0. The third-order valence-corrected chi connectivity index (χ3v) is 7.64. The lowest BCUT2D eigenvalue weighted by Crippen LogP contribution is -2.62. The van der Waals surface area contributed by atoms with Crippen LogP contribution in [0.2, 0.25) is 0 Å². The van der Waals surface area contributed by atoms with Gasteiger partial charge in [-0.3, -0.25) is 14.5 Å². The molecule has 2 aliphatic heterocycles. The van der Waals surface area contributed by atoms with Gasteiger partial charge in [-0.2, -0.15) is 0 Å². The first-order valence-electron chi connectivity index (χ1n) is 9.72. The lowest BCUT2D eigenvalue weighted by atomic mass is 10.0. The number of thioether (sulfide) groups is 1. The molecule has 0 radical (unpaired) electrons. The molecule has 2 aromatic rings. The maximum absolute atomic E-state index is 13.4. The van der Waals surface area contributed by atoms with Crippen LogP contribution in [0, 0.1) is 0 Å². The summed E-state index contributed by atoms with van der Waals surface area (Å²) in [5.41, 5.74) is 2.37. The first-order valence-corrected chi connectivity index (χ1v) is 11.7. The summed E-state index contributed by atoms with van der Waals surface area (Å²) in [4.78, 5) is 38.4. The number of nitrogens with zero attached hydrogens (tertiary/aromatic N) is 1. The minimum absolute atomic E-state index is 0.0580. The van der Waals surface area contributed by atoms with Crippen molar-refractivity contribution in [2.45, 2.75) is 23.2 Å². The van der Waals surface area contributed by atoms with Crippen LogP contribution in [-0.4, -0.2) is 45.3 Å². The molecule has 0 aromatic heterocycles. The van der Waals surface area contributed by atoms with Gasteiger partial charge in [-0.1, -0.05) is 76.6 Å². The number of hydrogen-bond donors (Lipinski definition) is 0. The van der Waals surface area contributed by atoms with E-state index in [1.807, 2.05) is 60.7 Å². The zero-order chi connectivity index (χ0) is 22.0. The van der Waals surface area contributed by atoms with Crippen molar-refractivity contribution in [1.82, 2.24) is 4.90 Å². The lowest BCUT2D eigenvalue weighted by Gasteiger charge is -2.47. The summed E-state index contributed by atoms with van der Waals surface area (Å²) in [6.45, 7) is 1.25. The van der Waals surface area contributed by atoms with Crippen molar-refractivity contribution >= 4 is 45.5 Å². The average Bonchev–Trinajstić information content (AvgIpc) is 2.80. The minimum Gasteiger partial charge on any atom is -0.461 e. The highest BCUT2D eigenvalue weighted by Gasteiger charge is 2.53. The highest BCUT2D eigenvalue weighted by molar-refractivity contribution is 9.10. The summed E-state index contributed by atoms with van der Waals surface area (Å²) in [6, 6.07) is 18.9. The van der Waals surface area contributed by atoms with E-state index >= 15 is 0 Å². The third kappa shape index (κ3) is 4.41. The molecule has 0 spiro atoms. The highest BCUT2D eigenvalue weighted by Crippen LogP contribution is 2.44. The Hall–Kier alpha value is -2.58. The van der Waals surface area contributed by atoms with Gasteiger partial charge in [0.15, 0.2) is 6.10 Å². The van der Waals surface area contributed by atoms with Crippen molar-refractivity contribution in [3.05, 3.63) is 83.1 Å². The van der Waals surface area contributed by atoms with E-state index in [1.54, 1.807) is 0 Å². The maximum Gasteiger partial charge on any atom is 0.356 e. The van der Waals surface area contributed by atoms with Crippen LogP contribution >= 0.6 is 27.7 Å². The van der Waals surface area contributed by atoms with Crippen LogP contribution in [0.5, 0.6) is 0 Å². The molecular weight excluding hydrogens is 482 g/mol. The van der Waals surface area contributed by atoms with E-state index in [2.05, 4.69) is 15.9 Å². The van der Waals surface area contributed by atoms with Crippen molar-refractivity contribution in [2.75, 3.05) is 12.4 Å². The number of amides is 1. The number of alkyl halides is 1. The topological polar surface area (TPSA) is 72.9 Å². The second-order valence-corrected chi connectivity index (χ2v) is 9.24. The van der Waals surface area contributed by atoms with Gasteiger partial charge in [0.25, 0.3) is 0 Å². The Balaban J connectivity index is 1.68. The second-order valence-electron chi connectivity index (χ2n) is 7.15. The first kappa shape index (κ1) is 21.6. The van der Waals surface area contributed by atoms with E-state index < -0.39 is 18.0 Å². The molecule has 8 heteroatoms. The SMILES string of the molecule is CC(=O)OCC1=C(C(=O)OC(c2ccccc2)c2ccccc2)N2C(=O)[C@H](Br)[C@H]2SC1.